The molecule has 7 nitrogen and oxygen atoms in total. The molecule has 0 fully saturated rings. The molecule has 4 radical (unpaired) electrons. The van der Waals surface area contributed by atoms with Crippen LogP contribution in [0.5, 0.6) is 0 Å². The normalized spacial score (nSPS) is 13.4. The van der Waals surface area contributed by atoms with E-state index < -0.39 is 58.3 Å². The number of aryl methyl sites for hydroxylation is 1. The van der Waals surface area contributed by atoms with E-state index in [1.54, 1.807) is 23.4 Å². The van der Waals surface area contributed by atoms with Gasteiger partial charge in [0.05, 0.1) is 45.3 Å². The Morgan fingerprint density at radius 3 is 1.34 bits per heavy atom. The van der Waals surface area contributed by atoms with Crippen LogP contribution >= 0.6 is 0 Å². The minimum absolute atomic E-state index is 0. The number of hydrogen-bond acceptors (Lipinski definition) is 6. The molecule has 0 unspecified atom stereocenters. The Labute approximate surface area is 734 Å². The fourth-order valence-corrected chi connectivity index (χ4v) is 31.5. The van der Waals surface area contributed by atoms with Gasteiger partial charge in [0.1, 0.15) is 8.07 Å². The fourth-order valence-electron chi connectivity index (χ4n) is 16.4. The molecule has 0 saturated heterocycles. The van der Waals surface area contributed by atoms with Gasteiger partial charge < -0.3 is 24.5 Å². The molecule has 0 saturated carbocycles. The van der Waals surface area contributed by atoms with Crippen molar-refractivity contribution in [2.24, 2.45) is 0 Å². The molecule has 0 N–H and O–H groups in total. The third kappa shape index (κ3) is 16.5. The summed E-state index contributed by atoms with van der Waals surface area (Å²) < 4.78 is 27.7. The third-order valence-corrected chi connectivity index (χ3v) is 40.5. The molecule has 5 aromatic heterocycles. The van der Waals surface area contributed by atoms with E-state index >= 15 is 0 Å². The van der Waals surface area contributed by atoms with Crippen LogP contribution in [0.3, 0.4) is 0 Å². The number of fused-ring (bicyclic) bond motifs is 12. The first-order chi connectivity index (χ1) is 52.6. The molecule has 3 aliphatic rings. The molecule has 0 bridgehead atoms. The van der Waals surface area contributed by atoms with Gasteiger partial charge in [-0.15, -0.1) is 105 Å². The Kier molecular flexibility index (Phi) is 26.5. The number of pyridine rings is 4. The third-order valence-electron chi connectivity index (χ3n) is 22.1. The molecule has 584 valence electrons. The zero-order valence-corrected chi connectivity index (χ0v) is 83.5. The maximum atomic E-state index is 12.7. The van der Waals surface area contributed by atoms with Gasteiger partial charge in [-0.25, -0.2) is 8.42 Å². The molecular formula is C96H93Ir4N5O2SSi6-4. The van der Waals surface area contributed by atoms with Gasteiger partial charge in [-0.2, -0.15) is 0 Å². The summed E-state index contributed by atoms with van der Waals surface area (Å²) in [7, 11) is -13.3. The maximum absolute atomic E-state index is 12.7. The van der Waals surface area contributed by atoms with Crippen molar-refractivity contribution in [3.05, 3.63) is 304 Å². The molecule has 0 atom stereocenters. The summed E-state index contributed by atoms with van der Waals surface area (Å²) in [5, 5.41) is 16.9. The smallest absolute Gasteiger partial charge is 0.173 e. The van der Waals surface area contributed by atoms with Crippen LogP contribution in [0.4, 0.5) is 0 Å². The number of benzene rings is 10. The average molecular weight is 2320 g/mol. The number of sulfone groups is 1. The van der Waals surface area contributed by atoms with Crippen LogP contribution in [0.2, 0.25) is 91.7 Å². The molecule has 114 heavy (non-hydrogen) atoms. The minimum atomic E-state index is -3.44. The monoisotopic (exact) mass is 2320 g/mol. The van der Waals surface area contributed by atoms with Crippen molar-refractivity contribution in [1.29, 1.82) is 0 Å². The molecule has 0 aliphatic carbocycles. The number of hydrogen-bond donors (Lipinski definition) is 0. The Morgan fingerprint density at radius 1 is 0.351 bits per heavy atom. The van der Waals surface area contributed by atoms with Crippen LogP contribution in [0.25, 0.3) is 100 Å². The van der Waals surface area contributed by atoms with Crippen molar-refractivity contribution < 1.29 is 88.8 Å². The summed E-state index contributed by atoms with van der Waals surface area (Å²) in [6, 6.07) is 104. The summed E-state index contributed by atoms with van der Waals surface area (Å²) in [6.07, 6.45) is 7.60. The summed E-state index contributed by atoms with van der Waals surface area (Å²) >= 11 is 0. The minimum Gasteiger partial charge on any atom is -0.381 e. The van der Waals surface area contributed by atoms with E-state index in [9.17, 15) is 8.42 Å². The topological polar surface area (TPSA) is 90.6 Å². The maximum Gasteiger partial charge on any atom is 0.173 e. The summed E-state index contributed by atoms with van der Waals surface area (Å²) in [4.78, 5) is 19.4. The summed E-state index contributed by atoms with van der Waals surface area (Å²) in [5.41, 5.74) is 17.7. The van der Waals surface area contributed by atoms with E-state index in [1.807, 2.05) is 43.0 Å². The SMILES string of the molecule is CCn1c2c[c-]c(-c3ncccc3[Si](C)(C)C)cc2c2ccccc21.C[Si](C)(C)c1cccnc1-c1[c-]cc2c(c1)-c1ccccc1[Si]2(c1ccccc1)c1ccccc1.C[Si](C)(C)c1ccnc(-c2[c-]cc3c(c2)-c2ccccc2S3(=O)=O)c1.C[Si](C)(C)c1ccnc(-c2[c-]cc3c(c2)-c2ccccc2[Si]3(C)C)c1.[Ir].[Ir].[Ir].[Ir]. The second-order valence-electron chi connectivity index (χ2n) is 33.7. The average Bonchev–Trinajstić information content (AvgIpc) is 1.39. The summed E-state index contributed by atoms with van der Waals surface area (Å²) in [5.74, 6) is 0. The molecule has 18 rings (SSSR count). The molecule has 0 spiro atoms. The Balaban J connectivity index is 0.000000150. The van der Waals surface area contributed by atoms with Crippen molar-refractivity contribution in [1.82, 2.24) is 24.5 Å². The first-order valence-corrected chi connectivity index (χ1v) is 58.7. The Bertz CT molecular complexity index is 6140. The number of aromatic nitrogens is 5. The van der Waals surface area contributed by atoms with Gasteiger partial charge in [0.2, 0.25) is 0 Å². The second kappa shape index (κ2) is 34.6. The Morgan fingerprint density at radius 2 is 0.789 bits per heavy atom. The van der Waals surface area contributed by atoms with Crippen molar-refractivity contribution in [2.75, 3.05) is 0 Å². The van der Waals surface area contributed by atoms with Crippen LogP contribution in [-0.2, 0) is 96.8 Å². The van der Waals surface area contributed by atoms with Gasteiger partial charge >= 0.3 is 0 Å². The first-order valence-electron chi connectivity index (χ1n) is 38.2. The second-order valence-corrected chi connectivity index (χ2v) is 63.9. The van der Waals surface area contributed by atoms with Crippen molar-refractivity contribution in [3.8, 4) is 78.4 Å². The molecule has 3 aliphatic heterocycles. The zero-order chi connectivity index (χ0) is 77.3. The van der Waals surface area contributed by atoms with Gasteiger partial charge in [-0.05, 0) is 104 Å². The van der Waals surface area contributed by atoms with E-state index in [4.69, 9.17) is 9.97 Å². The van der Waals surface area contributed by atoms with Crippen molar-refractivity contribution in [2.45, 2.75) is 115 Å². The van der Waals surface area contributed by atoms with E-state index in [0.717, 1.165) is 62.7 Å². The first kappa shape index (κ1) is 87.3. The van der Waals surface area contributed by atoms with Crippen LogP contribution < -0.4 is 51.9 Å². The predicted molar refractivity (Wildman–Crippen MR) is 480 cm³/mol. The molecule has 18 heteroatoms. The molecule has 0 amide bonds. The van der Waals surface area contributed by atoms with Gasteiger partial charge in [0.15, 0.2) is 9.84 Å². The number of para-hydroxylation sites is 1. The molecule has 8 heterocycles. The molecular weight excluding hydrogens is 2220 g/mol. The van der Waals surface area contributed by atoms with Crippen LogP contribution in [0.15, 0.2) is 289 Å². The largest absolute Gasteiger partial charge is 0.381 e. The van der Waals surface area contributed by atoms with Crippen molar-refractivity contribution >= 4 is 132 Å². The quantitative estimate of drug-likeness (QED) is 0.0947. The number of nitrogens with zero attached hydrogens (tertiary/aromatic N) is 5. The standard InChI is InChI=1S/C32H28NSi2.C22H23N2Si.C22H24NSi2.C20H18NO2SSi.4Ir/c1-34(2,3)31-19-12-22-33-32(31)24-20-21-30-28(23-24)27-17-10-11-18-29(27)35(30,25-13-6-4-7-14-25)26-15-8-5-9-16-26;1-5-24-19-10-7-6-9-17(19)18-15-16(12-13-20(18)24)22-21(25(2,3)4)11-8-14-23-22;1-24(2,3)17-12-13-23-20(15-17)16-10-11-22-19(14-16)18-8-6-7-9-21(18)25(22,4)5;1-25(2,3)15-10-11-21-18(13-15)14-8-9-20-17(12-14)16-6-4-5-7-19(16)24(20,22)23;;;;/h4-19,21-23H,1-3H3;6-11,13-15H,5H2,1-4H3;6-9,11-15H,1-5H3;4-7,9-13H,1-3H3;;;;/q4*-1;;;;. The fraction of sp³-hybridized carbons (Fsp3) is 0.167. The van der Waals surface area contributed by atoms with E-state index in [-0.39, 0.29) is 80.4 Å². The van der Waals surface area contributed by atoms with Gasteiger partial charge in [0, 0.05) is 117 Å². The van der Waals surface area contributed by atoms with Gasteiger partial charge in [-0.1, -0.05) is 320 Å². The molecule has 10 aromatic carbocycles. The Hall–Kier alpha value is -7.55. The van der Waals surface area contributed by atoms with Crippen LogP contribution in [-0.4, -0.2) is 81.4 Å². The van der Waals surface area contributed by atoms with Crippen LogP contribution in [0, 0.1) is 24.3 Å². The van der Waals surface area contributed by atoms with Gasteiger partial charge in [-0.3, -0.25) is 0 Å². The van der Waals surface area contributed by atoms with E-state index in [2.05, 4.69) is 356 Å². The predicted octanol–water partition coefficient (Wildman–Crippen LogP) is 17.5. The van der Waals surface area contributed by atoms with Gasteiger partial charge in [0.25, 0.3) is 0 Å². The van der Waals surface area contributed by atoms with E-state index in [0.29, 0.717) is 9.79 Å². The summed E-state index contributed by atoms with van der Waals surface area (Å²) in [6.45, 7) is 36.3. The number of rotatable bonds is 11. The zero-order valence-electron chi connectivity index (χ0n) is 67.1. The van der Waals surface area contributed by atoms with E-state index in [1.165, 1.54) is 90.7 Å². The van der Waals surface area contributed by atoms with Crippen LogP contribution in [0.1, 0.15) is 6.92 Å². The molecule has 15 aromatic rings. The van der Waals surface area contributed by atoms with Crippen molar-refractivity contribution in [3.63, 3.8) is 0 Å².